The van der Waals surface area contributed by atoms with Gasteiger partial charge in [0.25, 0.3) is 0 Å². The minimum absolute atomic E-state index is 0.0463. The van der Waals surface area contributed by atoms with Crippen LogP contribution >= 0.6 is 0 Å². The summed E-state index contributed by atoms with van der Waals surface area (Å²) in [6.07, 6.45) is 7.53. The molecule has 196 valence electrons. The number of hydrogen-bond acceptors (Lipinski definition) is 4. The van der Waals surface area contributed by atoms with E-state index < -0.39 is 6.10 Å². The zero-order chi connectivity index (χ0) is 25.7. The second-order valence-electron chi connectivity index (χ2n) is 10.5. The van der Waals surface area contributed by atoms with Crippen molar-refractivity contribution in [3.05, 3.63) is 53.5 Å². The number of aliphatic hydroxyl groups excluding tert-OH is 1. The maximum atomic E-state index is 14.4. The average molecular weight is 497 g/mol. The van der Waals surface area contributed by atoms with Crippen molar-refractivity contribution in [2.45, 2.75) is 90.4 Å². The monoisotopic (exact) mass is 496 g/mol. The van der Waals surface area contributed by atoms with Crippen molar-refractivity contribution < 1.29 is 19.0 Å². The fourth-order valence-corrected chi connectivity index (χ4v) is 5.39. The van der Waals surface area contributed by atoms with E-state index in [0.29, 0.717) is 24.1 Å². The fraction of sp³-hybridized carbons (Fsp3) is 0.567. The lowest BCUT2D eigenvalue weighted by atomic mass is 9.84. The smallest absolute Gasteiger partial charge is 0.151 e. The number of hydrogen-bond donors (Lipinski definition) is 2. The van der Waals surface area contributed by atoms with Gasteiger partial charge >= 0.3 is 0 Å². The van der Waals surface area contributed by atoms with Crippen molar-refractivity contribution in [1.82, 2.24) is 9.97 Å². The Morgan fingerprint density at radius 1 is 1.00 bits per heavy atom. The molecule has 1 saturated carbocycles. The molecule has 2 unspecified atom stereocenters. The number of H-pyrrole nitrogens is 1. The Kier molecular flexibility index (Phi) is 9.15. The van der Waals surface area contributed by atoms with Gasteiger partial charge in [0.1, 0.15) is 17.9 Å². The molecule has 1 aliphatic carbocycles. The summed E-state index contributed by atoms with van der Waals surface area (Å²) in [5.74, 6) is 0.845. The number of rotatable bonds is 2. The number of nitrogens with zero attached hydrogens (tertiary/aromatic N) is 1. The van der Waals surface area contributed by atoms with Crippen molar-refractivity contribution in [3.8, 4) is 11.3 Å². The highest BCUT2D eigenvalue weighted by atomic mass is 19.1. The van der Waals surface area contributed by atoms with Crippen LogP contribution in [0.1, 0.15) is 76.5 Å². The molecule has 2 N–H and O–H groups in total. The molecule has 0 spiro atoms. The van der Waals surface area contributed by atoms with Gasteiger partial charge in [-0.25, -0.2) is 9.37 Å². The molecule has 3 aliphatic rings. The van der Waals surface area contributed by atoms with Crippen LogP contribution in [-0.2, 0) is 9.47 Å². The summed E-state index contributed by atoms with van der Waals surface area (Å²) in [6.45, 7) is 9.47. The first-order valence-corrected chi connectivity index (χ1v) is 13.6. The summed E-state index contributed by atoms with van der Waals surface area (Å²) in [5.41, 5.74) is 5.23. The molecule has 6 rings (SSSR count). The van der Waals surface area contributed by atoms with Crippen molar-refractivity contribution in [1.29, 1.82) is 0 Å². The van der Waals surface area contributed by atoms with Gasteiger partial charge in [0.05, 0.1) is 30.4 Å². The third-order valence-electron chi connectivity index (χ3n) is 7.23. The molecule has 3 fully saturated rings. The number of aromatic amines is 1. The first-order chi connectivity index (χ1) is 17.4. The third-order valence-corrected chi connectivity index (χ3v) is 7.23. The topological polar surface area (TPSA) is 67.4 Å². The van der Waals surface area contributed by atoms with Crippen molar-refractivity contribution >= 4 is 11.0 Å². The quantitative estimate of drug-likeness (QED) is 0.404. The number of aromatic nitrogens is 2. The van der Waals surface area contributed by atoms with E-state index in [1.165, 1.54) is 44.1 Å². The van der Waals surface area contributed by atoms with E-state index in [4.69, 9.17) is 9.47 Å². The molecule has 3 aromatic rings. The van der Waals surface area contributed by atoms with Crippen LogP contribution in [0.2, 0.25) is 0 Å². The molecule has 4 heterocycles. The van der Waals surface area contributed by atoms with Crippen LogP contribution in [0.5, 0.6) is 0 Å². The van der Waals surface area contributed by atoms with E-state index >= 15 is 0 Å². The van der Waals surface area contributed by atoms with Crippen LogP contribution in [0.3, 0.4) is 0 Å². The van der Waals surface area contributed by atoms with Gasteiger partial charge in [0.15, 0.2) is 5.82 Å². The first-order valence-electron chi connectivity index (χ1n) is 13.6. The highest BCUT2D eigenvalue weighted by Gasteiger charge is 2.44. The van der Waals surface area contributed by atoms with Gasteiger partial charge in [0, 0.05) is 23.2 Å². The molecule has 6 heteroatoms. The van der Waals surface area contributed by atoms with Crippen LogP contribution < -0.4 is 0 Å². The normalized spacial score (nSPS) is 25.6. The third kappa shape index (κ3) is 6.16. The molecule has 2 saturated heterocycles. The first kappa shape index (κ1) is 26.8. The summed E-state index contributed by atoms with van der Waals surface area (Å²) in [4.78, 5) is 7.63. The second-order valence-corrected chi connectivity index (χ2v) is 10.5. The van der Waals surface area contributed by atoms with Crippen molar-refractivity contribution in [2.75, 3.05) is 13.2 Å². The summed E-state index contributed by atoms with van der Waals surface area (Å²) < 4.78 is 25.0. The highest BCUT2D eigenvalue weighted by molar-refractivity contribution is 5.80. The second kappa shape index (κ2) is 12.3. The largest absolute Gasteiger partial charge is 0.388 e. The highest BCUT2D eigenvalue weighted by Crippen LogP contribution is 2.34. The van der Waals surface area contributed by atoms with Crippen molar-refractivity contribution in [3.63, 3.8) is 0 Å². The van der Waals surface area contributed by atoms with E-state index in [1.807, 2.05) is 25.1 Å². The van der Waals surface area contributed by atoms with Crippen molar-refractivity contribution in [2.24, 2.45) is 5.92 Å². The Morgan fingerprint density at radius 3 is 2.33 bits per heavy atom. The van der Waals surface area contributed by atoms with E-state index in [2.05, 4.69) is 42.9 Å². The molecular formula is C30H41FN2O3. The molecule has 5 nitrogen and oxygen atoms in total. The zero-order valence-electron chi connectivity index (χ0n) is 22.1. The number of aryl methyl sites for hydroxylation is 1. The lowest BCUT2D eigenvalue weighted by Crippen LogP contribution is -2.28. The number of benzene rings is 1. The van der Waals surface area contributed by atoms with Crippen LogP contribution in [0.15, 0.2) is 36.4 Å². The Hall–Kier alpha value is -2.28. The molecule has 36 heavy (non-hydrogen) atoms. The lowest BCUT2D eigenvalue weighted by Gasteiger charge is -2.22. The zero-order valence-corrected chi connectivity index (χ0v) is 22.1. The van der Waals surface area contributed by atoms with Crippen LogP contribution in [0.25, 0.3) is 22.3 Å². The average Bonchev–Trinajstić information content (AvgIpc) is 3.56. The Bertz CT molecular complexity index is 1090. The van der Waals surface area contributed by atoms with Crippen LogP contribution in [0.4, 0.5) is 4.39 Å². The summed E-state index contributed by atoms with van der Waals surface area (Å²) in [6, 6.07) is 11.8. The number of pyridine rings is 1. The molecule has 0 radical (unpaired) electrons. The van der Waals surface area contributed by atoms with Gasteiger partial charge in [-0.3, -0.25) is 0 Å². The van der Waals surface area contributed by atoms with E-state index in [1.54, 1.807) is 6.07 Å². The summed E-state index contributed by atoms with van der Waals surface area (Å²) >= 11 is 0. The molecular weight excluding hydrogens is 455 g/mol. The van der Waals surface area contributed by atoms with Crippen LogP contribution in [0, 0.1) is 18.7 Å². The van der Waals surface area contributed by atoms with Gasteiger partial charge < -0.3 is 19.6 Å². The Labute approximate surface area is 214 Å². The molecule has 0 amide bonds. The van der Waals surface area contributed by atoms with Gasteiger partial charge in [-0.15, -0.1) is 0 Å². The van der Waals surface area contributed by atoms with Gasteiger partial charge in [0.2, 0.25) is 0 Å². The summed E-state index contributed by atoms with van der Waals surface area (Å²) in [7, 11) is 0. The number of fused-ring (bicyclic) bond motifs is 2. The maximum absolute atomic E-state index is 14.4. The van der Waals surface area contributed by atoms with Gasteiger partial charge in [-0.1, -0.05) is 70.7 Å². The predicted octanol–water partition coefficient (Wildman–Crippen LogP) is 6.92. The molecule has 2 aliphatic heterocycles. The van der Waals surface area contributed by atoms with Gasteiger partial charge in [-0.05, 0) is 37.3 Å². The minimum Gasteiger partial charge on any atom is -0.388 e. The van der Waals surface area contributed by atoms with E-state index in [0.717, 1.165) is 28.9 Å². The minimum atomic E-state index is -0.394. The number of halogens is 1. The van der Waals surface area contributed by atoms with E-state index in [9.17, 15) is 9.50 Å². The Balaban J connectivity index is 0.000000194. The lowest BCUT2D eigenvalue weighted by molar-refractivity contribution is 0.0173. The Morgan fingerprint density at radius 2 is 1.67 bits per heavy atom. The van der Waals surface area contributed by atoms with Gasteiger partial charge in [-0.2, -0.15) is 0 Å². The molecule has 0 bridgehead atoms. The molecule has 2 aromatic heterocycles. The number of aliphatic hydroxyl groups is 1. The molecule has 1 aromatic carbocycles. The van der Waals surface area contributed by atoms with E-state index in [-0.39, 0.29) is 18.0 Å². The van der Waals surface area contributed by atoms with Crippen LogP contribution in [-0.4, -0.2) is 46.6 Å². The maximum Gasteiger partial charge on any atom is 0.151 e. The molecule has 4 atom stereocenters. The predicted molar refractivity (Wildman–Crippen MR) is 143 cm³/mol. The fourth-order valence-electron chi connectivity index (χ4n) is 5.39. The SMILES string of the molecule is CC1CO[C@@H]2C(O)CO[C@H]12.CCC.Cc1cc2nc(-c3ccc(C4CCCCC4)cc3)c(F)cc2[nH]1. The summed E-state index contributed by atoms with van der Waals surface area (Å²) in [5, 5.41) is 9.27. The number of ether oxygens (including phenoxy) is 2. The number of nitrogens with one attached hydrogen (secondary N) is 1. The standard InChI is InChI=1S/C20H21FN2.C7H12O3.C3H8/c1-13-11-18-19(22-13)12-17(21)20(23-18)16-9-7-15(8-10-16)14-5-3-2-4-6-14;1-4-2-9-7-5(8)3-10-6(4)7;1-3-2/h7-12,14,22H,2-6H2,1H3;4-8H,2-3H2,1H3;3H2,1-2H3/t;4?,5?,6-,7-;/m.1./s1.